The van der Waals surface area contributed by atoms with E-state index in [0.29, 0.717) is 6.54 Å². The topological polar surface area (TPSA) is 12.0 Å². The molecule has 1 atom stereocenters. The van der Waals surface area contributed by atoms with Crippen molar-refractivity contribution in [2.45, 2.75) is 25.2 Å². The standard InChI is InChI=1S/C6H11F4N/c1-11-4-2-3-5(7)6(8,9)10/h5,11H,2-4H2,1H3. The molecule has 5 heteroatoms. The van der Waals surface area contributed by atoms with Crippen molar-refractivity contribution in [3.8, 4) is 0 Å². The van der Waals surface area contributed by atoms with Gasteiger partial charge in [0.2, 0.25) is 0 Å². The van der Waals surface area contributed by atoms with E-state index in [1.165, 1.54) is 0 Å². The predicted molar refractivity (Wildman–Crippen MR) is 34.1 cm³/mol. The Morgan fingerprint density at radius 2 is 1.91 bits per heavy atom. The van der Waals surface area contributed by atoms with E-state index in [2.05, 4.69) is 5.32 Å². The van der Waals surface area contributed by atoms with Crippen LogP contribution in [0.4, 0.5) is 17.6 Å². The first-order valence-electron chi connectivity index (χ1n) is 3.34. The molecule has 0 saturated carbocycles. The molecule has 0 radical (unpaired) electrons. The quantitative estimate of drug-likeness (QED) is 0.505. The first-order valence-corrected chi connectivity index (χ1v) is 3.34. The summed E-state index contributed by atoms with van der Waals surface area (Å²) in [6.07, 6.45) is -7.61. The molecule has 1 N–H and O–H groups in total. The van der Waals surface area contributed by atoms with Crippen LogP contribution in [0.5, 0.6) is 0 Å². The van der Waals surface area contributed by atoms with Crippen LogP contribution in [-0.4, -0.2) is 25.9 Å². The van der Waals surface area contributed by atoms with Crippen LogP contribution in [-0.2, 0) is 0 Å². The summed E-state index contributed by atoms with van der Waals surface area (Å²) in [7, 11) is 1.61. The number of hydrogen-bond donors (Lipinski definition) is 1. The van der Waals surface area contributed by atoms with Crippen LogP contribution in [0.15, 0.2) is 0 Å². The lowest BCUT2D eigenvalue weighted by atomic mass is 10.2. The molecule has 0 aromatic heterocycles. The van der Waals surface area contributed by atoms with Gasteiger partial charge in [0, 0.05) is 0 Å². The molecule has 1 unspecified atom stereocenters. The van der Waals surface area contributed by atoms with Crippen LogP contribution >= 0.6 is 0 Å². The summed E-state index contributed by atoms with van der Waals surface area (Å²) in [4.78, 5) is 0. The van der Waals surface area contributed by atoms with Gasteiger partial charge in [-0.3, -0.25) is 0 Å². The molecule has 0 amide bonds. The van der Waals surface area contributed by atoms with Crippen LogP contribution in [0.1, 0.15) is 12.8 Å². The summed E-state index contributed by atoms with van der Waals surface area (Å²) < 4.78 is 46.5. The van der Waals surface area contributed by atoms with Gasteiger partial charge in [-0.25, -0.2) is 4.39 Å². The molecule has 0 aliphatic carbocycles. The van der Waals surface area contributed by atoms with Crippen molar-refractivity contribution < 1.29 is 17.6 Å². The maximum absolute atomic E-state index is 12.1. The molecule has 0 saturated heterocycles. The third kappa shape index (κ3) is 5.01. The van der Waals surface area contributed by atoms with Crippen LogP contribution < -0.4 is 5.32 Å². The highest BCUT2D eigenvalue weighted by atomic mass is 19.4. The normalized spacial score (nSPS) is 15.0. The number of halogens is 4. The molecule has 1 nitrogen and oxygen atoms in total. The van der Waals surface area contributed by atoms with E-state index in [-0.39, 0.29) is 6.42 Å². The molecule has 0 spiro atoms. The lowest BCUT2D eigenvalue weighted by Crippen LogP contribution is -2.25. The number of hydrogen-bond acceptors (Lipinski definition) is 1. The molecule has 11 heavy (non-hydrogen) atoms. The fourth-order valence-corrected chi connectivity index (χ4v) is 0.622. The summed E-state index contributed by atoms with van der Waals surface area (Å²) in [6.45, 7) is 0.413. The van der Waals surface area contributed by atoms with E-state index in [4.69, 9.17) is 0 Å². The minimum atomic E-state index is -4.69. The van der Waals surface area contributed by atoms with Crippen molar-refractivity contribution in [2.24, 2.45) is 0 Å². The molecule has 0 heterocycles. The maximum Gasteiger partial charge on any atom is 0.419 e. The molecule has 0 aliphatic rings. The summed E-state index contributed by atoms with van der Waals surface area (Å²) in [5.74, 6) is 0. The highest BCUT2D eigenvalue weighted by molar-refractivity contribution is 4.65. The van der Waals surface area contributed by atoms with Crippen molar-refractivity contribution in [3.63, 3.8) is 0 Å². The average Bonchev–Trinajstić information content (AvgIpc) is 1.86. The summed E-state index contributed by atoms with van der Waals surface area (Å²) in [5.41, 5.74) is 0. The van der Waals surface area contributed by atoms with Gasteiger partial charge in [-0.15, -0.1) is 0 Å². The zero-order chi connectivity index (χ0) is 8.91. The van der Waals surface area contributed by atoms with Gasteiger partial charge in [0.05, 0.1) is 0 Å². The molecule has 0 aromatic carbocycles. The fourth-order valence-electron chi connectivity index (χ4n) is 0.622. The van der Waals surface area contributed by atoms with Crippen molar-refractivity contribution in [1.29, 1.82) is 0 Å². The molecular weight excluding hydrogens is 162 g/mol. The maximum atomic E-state index is 12.1. The molecule has 0 aromatic rings. The van der Waals surface area contributed by atoms with Gasteiger partial charge in [-0.2, -0.15) is 13.2 Å². The Labute approximate surface area is 62.8 Å². The second-order valence-electron chi connectivity index (χ2n) is 2.25. The Balaban J connectivity index is 3.44. The molecule has 68 valence electrons. The minimum absolute atomic E-state index is 0.206. The highest BCUT2D eigenvalue weighted by Gasteiger charge is 2.39. The lowest BCUT2D eigenvalue weighted by Gasteiger charge is -2.11. The molecule has 0 aliphatic heterocycles. The fraction of sp³-hybridized carbons (Fsp3) is 1.00. The van der Waals surface area contributed by atoms with Gasteiger partial charge in [0.15, 0.2) is 6.17 Å². The SMILES string of the molecule is CNCCCC(F)C(F)(F)F. The molecule has 0 fully saturated rings. The Morgan fingerprint density at radius 3 is 2.27 bits per heavy atom. The summed E-state index contributed by atoms with van der Waals surface area (Å²) >= 11 is 0. The van der Waals surface area contributed by atoms with Gasteiger partial charge in [0.1, 0.15) is 0 Å². The molecular formula is C6H11F4N. The second kappa shape index (κ2) is 4.54. The summed E-state index contributed by atoms with van der Waals surface area (Å²) in [5, 5.41) is 2.64. The van der Waals surface area contributed by atoms with Gasteiger partial charge in [-0.1, -0.05) is 0 Å². The smallest absolute Gasteiger partial charge is 0.320 e. The van der Waals surface area contributed by atoms with Gasteiger partial charge in [-0.05, 0) is 26.4 Å². The van der Waals surface area contributed by atoms with E-state index in [1.54, 1.807) is 7.05 Å². The van der Waals surface area contributed by atoms with Crippen LogP contribution in [0.2, 0.25) is 0 Å². The Kier molecular flexibility index (Phi) is 4.40. The third-order valence-electron chi connectivity index (χ3n) is 1.24. The molecule has 0 bridgehead atoms. The third-order valence-corrected chi connectivity index (χ3v) is 1.24. The first-order chi connectivity index (χ1) is 4.98. The van der Waals surface area contributed by atoms with Crippen molar-refractivity contribution >= 4 is 0 Å². The van der Waals surface area contributed by atoms with Crippen molar-refractivity contribution in [1.82, 2.24) is 5.32 Å². The van der Waals surface area contributed by atoms with Crippen LogP contribution in [0.25, 0.3) is 0 Å². The average molecular weight is 173 g/mol. The molecule has 0 rings (SSSR count). The lowest BCUT2D eigenvalue weighted by molar-refractivity contribution is -0.182. The zero-order valence-electron chi connectivity index (χ0n) is 6.21. The monoisotopic (exact) mass is 173 g/mol. The number of nitrogens with one attached hydrogen (secondary N) is 1. The Morgan fingerprint density at radius 1 is 1.36 bits per heavy atom. The van der Waals surface area contributed by atoms with E-state index in [1.807, 2.05) is 0 Å². The van der Waals surface area contributed by atoms with Crippen LogP contribution in [0, 0.1) is 0 Å². The van der Waals surface area contributed by atoms with E-state index in [0.717, 1.165) is 0 Å². The van der Waals surface area contributed by atoms with Gasteiger partial charge >= 0.3 is 6.18 Å². The largest absolute Gasteiger partial charge is 0.419 e. The highest BCUT2D eigenvalue weighted by Crippen LogP contribution is 2.25. The Hall–Kier alpha value is -0.320. The first kappa shape index (κ1) is 10.7. The van der Waals surface area contributed by atoms with E-state index in [9.17, 15) is 17.6 Å². The Bertz CT molecular complexity index is 101. The van der Waals surface area contributed by atoms with Gasteiger partial charge < -0.3 is 5.32 Å². The minimum Gasteiger partial charge on any atom is -0.320 e. The van der Waals surface area contributed by atoms with Gasteiger partial charge in [0.25, 0.3) is 0 Å². The van der Waals surface area contributed by atoms with E-state index >= 15 is 0 Å². The number of alkyl halides is 4. The zero-order valence-corrected chi connectivity index (χ0v) is 6.21. The number of rotatable bonds is 4. The predicted octanol–water partition coefficient (Wildman–Crippen LogP) is 1.89. The van der Waals surface area contributed by atoms with Crippen molar-refractivity contribution in [2.75, 3.05) is 13.6 Å². The second-order valence-corrected chi connectivity index (χ2v) is 2.25. The summed E-state index contributed by atoms with van der Waals surface area (Å²) in [6, 6.07) is 0. The van der Waals surface area contributed by atoms with E-state index < -0.39 is 18.8 Å². The van der Waals surface area contributed by atoms with Crippen molar-refractivity contribution in [3.05, 3.63) is 0 Å². The van der Waals surface area contributed by atoms with Crippen LogP contribution in [0.3, 0.4) is 0 Å².